The van der Waals surface area contributed by atoms with Crippen molar-refractivity contribution >= 4 is 23.2 Å². The van der Waals surface area contributed by atoms with Gasteiger partial charge in [-0.3, -0.25) is 9.59 Å². The highest BCUT2D eigenvalue weighted by atomic mass is 19.4. The van der Waals surface area contributed by atoms with Gasteiger partial charge in [0.1, 0.15) is 6.54 Å². The summed E-state index contributed by atoms with van der Waals surface area (Å²) in [6.07, 6.45) is -9.98. The molecule has 1 atom stereocenters. The van der Waals surface area contributed by atoms with Crippen LogP contribution in [0.4, 0.5) is 37.7 Å². The molecular weight excluding hydrogens is 366 g/mol. The van der Waals surface area contributed by atoms with Crippen molar-refractivity contribution in [3.8, 4) is 0 Å². The average Bonchev–Trinajstić information content (AvgIpc) is 2.61. The van der Waals surface area contributed by atoms with Crippen LogP contribution in [0.25, 0.3) is 0 Å². The minimum absolute atomic E-state index is 0.342. The predicted octanol–water partition coefficient (Wildman–Crippen LogP) is 3.76. The summed E-state index contributed by atoms with van der Waals surface area (Å²) in [7, 11) is 0. The van der Waals surface area contributed by atoms with E-state index in [1.54, 1.807) is 0 Å². The standard InChI is InChI=1S/C16H16F6N2O2/c1-9(2)10-7-23(14(26)16(20,21)22)11-5-3-4-6-12(11)24(13(10)25)8-15(17,18)19/h3-6,9-10H,7-8H2,1-2H3/t10-/m1/s1. The molecule has 1 aromatic rings. The van der Waals surface area contributed by atoms with E-state index >= 15 is 0 Å². The van der Waals surface area contributed by atoms with Crippen LogP contribution in [-0.4, -0.2) is 37.3 Å². The third kappa shape index (κ3) is 4.10. The fourth-order valence-corrected chi connectivity index (χ4v) is 2.80. The van der Waals surface area contributed by atoms with Crippen LogP contribution in [0.1, 0.15) is 13.8 Å². The number of para-hydroxylation sites is 2. The van der Waals surface area contributed by atoms with E-state index in [-0.39, 0.29) is 11.4 Å². The second kappa shape index (κ2) is 6.81. The minimum atomic E-state index is -5.23. The van der Waals surface area contributed by atoms with Crippen molar-refractivity contribution in [2.75, 3.05) is 22.9 Å². The molecule has 1 aromatic carbocycles. The summed E-state index contributed by atoms with van der Waals surface area (Å²) in [6.45, 7) is 0.696. The van der Waals surface area contributed by atoms with E-state index in [9.17, 15) is 35.9 Å². The summed E-state index contributed by atoms with van der Waals surface area (Å²) in [5, 5.41) is 0. The molecule has 0 saturated carbocycles. The molecule has 0 N–H and O–H groups in total. The summed E-state index contributed by atoms with van der Waals surface area (Å²) in [5.74, 6) is -4.98. The first-order chi connectivity index (χ1) is 11.8. The van der Waals surface area contributed by atoms with Crippen LogP contribution in [0.15, 0.2) is 24.3 Å². The van der Waals surface area contributed by atoms with Crippen molar-refractivity contribution in [2.45, 2.75) is 26.2 Å². The Morgan fingerprint density at radius 1 is 1.12 bits per heavy atom. The van der Waals surface area contributed by atoms with Crippen LogP contribution in [0.3, 0.4) is 0 Å². The lowest BCUT2D eigenvalue weighted by Crippen LogP contribution is -2.47. The summed E-state index contributed by atoms with van der Waals surface area (Å²) in [4.78, 5) is 25.3. The largest absolute Gasteiger partial charge is 0.471 e. The number of carbonyl (C=O) groups excluding carboxylic acids is 2. The number of carbonyl (C=O) groups is 2. The molecule has 0 radical (unpaired) electrons. The number of amides is 2. The third-order valence-corrected chi connectivity index (χ3v) is 4.06. The van der Waals surface area contributed by atoms with Gasteiger partial charge in [-0.05, 0) is 18.1 Å². The highest BCUT2D eigenvalue weighted by Gasteiger charge is 2.48. The quantitative estimate of drug-likeness (QED) is 0.731. The van der Waals surface area contributed by atoms with Gasteiger partial charge >= 0.3 is 18.3 Å². The molecule has 0 aromatic heterocycles. The van der Waals surface area contributed by atoms with Crippen LogP contribution in [0, 0.1) is 11.8 Å². The van der Waals surface area contributed by atoms with E-state index in [2.05, 4.69) is 0 Å². The van der Waals surface area contributed by atoms with Gasteiger partial charge in [-0.2, -0.15) is 26.3 Å². The number of hydrogen-bond donors (Lipinski definition) is 0. The van der Waals surface area contributed by atoms with Gasteiger partial charge in [0.15, 0.2) is 0 Å². The summed E-state index contributed by atoms with van der Waals surface area (Å²) < 4.78 is 77.8. The van der Waals surface area contributed by atoms with Crippen molar-refractivity contribution in [3.05, 3.63) is 24.3 Å². The monoisotopic (exact) mass is 382 g/mol. The molecule has 1 aliphatic heterocycles. The molecule has 1 heterocycles. The molecule has 0 spiro atoms. The van der Waals surface area contributed by atoms with E-state index < -0.39 is 49.1 Å². The molecule has 0 fully saturated rings. The van der Waals surface area contributed by atoms with Gasteiger partial charge < -0.3 is 9.80 Å². The maximum absolute atomic E-state index is 13.0. The molecule has 0 saturated heterocycles. The van der Waals surface area contributed by atoms with Crippen molar-refractivity contribution in [1.29, 1.82) is 0 Å². The molecule has 0 aliphatic carbocycles. The summed E-state index contributed by atoms with van der Waals surface area (Å²) in [5.41, 5.74) is -0.758. The van der Waals surface area contributed by atoms with Crippen LogP contribution in [0.2, 0.25) is 0 Å². The molecule has 10 heteroatoms. The van der Waals surface area contributed by atoms with Crippen LogP contribution in [-0.2, 0) is 9.59 Å². The number of alkyl halides is 6. The number of hydrogen-bond acceptors (Lipinski definition) is 2. The number of nitrogens with zero attached hydrogens (tertiary/aromatic N) is 2. The Kier molecular flexibility index (Phi) is 5.25. The third-order valence-electron chi connectivity index (χ3n) is 4.06. The van der Waals surface area contributed by atoms with E-state index in [0.717, 1.165) is 12.1 Å². The maximum atomic E-state index is 13.0. The number of halogens is 6. The Morgan fingerprint density at radius 3 is 2.12 bits per heavy atom. The Morgan fingerprint density at radius 2 is 1.65 bits per heavy atom. The maximum Gasteiger partial charge on any atom is 0.471 e. The highest BCUT2D eigenvalue weighted by molar-refractivity contribution is 6.07. The Labute approximate surface area is 145 Å². The zero-order chi connectivity index (χ0) is 19.9. The van der Waals surface area contributed by atoms with E-state index in [0.29, 0.717) is 9.80 Å². The number of anilines is 2. The molecular formula is C16H16F6N2O2. The van der Waals surface area contributed by atoms with Crippen LogP contribution >= 0.6 is 0 Å². The van der Waals surface area contributed by atoms with Crippen molar-refractivity contribution < 1.29 is 35.9 Å². The molecule has 4 nitrogen and oxygen atoms in total. The molecule has 0 bridgehead atoms. The van der Waals surface area contributed by atoms with Gasteiger partial charge in [-0.25, -0.2) is 0 Å². The Balaban J connectivity index is 2.64. The molecule has 2 amide bonds. The first-order valence-corrected chi connectivity index (χ1v) is 7.68. The van der Waals surface area contributed by atoms with E-state index in [1.807, 2.05) is 0 Å². The van der Waals surface area contributed by atoms with Crippen LogP contribution in [0.5, 0.6) is 0 Å². The Hall–Kier alpha value is -2.26. The summed E-state index contributed by atoms with van der Waals surface area (Å²) >= 11 is 0. The molecule has 144 valence electrons. The van der Waals surface area contributed by atoms with Gasteiger partial charge in [0, 0.05) is 6.54 Å². The normalized spacial score (nSPS) is 18.8. The Bertz CT molecular complexity index is 684. The van der Waals surface area contributed by atoms with Gasteiger partial charge in [0.2, 0.25) is 5.91 Å². The summed E-state index contributed by atoms with van der Waals surface area (Å²) in [6, 6.07) is 4.78. The lowest BCUT2D eigenvalue weighted by Gasteiger charge is -2.27. The zero-order valence-electron chi connectivity index (χ0n) is 13.9. The lowest BCUT2D eigenvalue weighted by molar-refractivity contribution is -0.170. The number of fused-ring (bicyclic) bond motifs is 1. The van der Waals surface area contributed by atoms with Crippen LogP contribution < -0.4 is 9.80 Å². The number of benzene rings is 1. The fraction of sp³-hybridized carbons (Fsp3) is 0.500. The highest BCUT2D eigenvalue weighted by Crippen LogP contribution is 2.39. The zero-order valence-corrected chi connectivity index (χ0v) is 13.9. The number of rotatable bonds is 2. The first-order valence-electron chi connectivity index (χ1n) is 7.68. The van der Waals surface area contributed by atoms with E-state index in [1.165, 1.54) is 26.0 Å². The molecule has 1 aliphatic rings. The minimum Gasteiger partial charge on any atom is -0.302 e. The van der Waals surface area contributed by atoms with E-state index in [4.69, 9.17) is 0 Å². The molecule has 2 rings (SSSR count). The van der Waals surface area contributed by atoms with Crippen molar-refractivity contribution in [3.63, 3.8) is 0 Å². The van der Waals surface area contributed by atoms with Gasteiger partial charge in [0.05, 0.1) is 17.3 Å². The van der Waals surface area contributed by atoms with Crippen molar-refractivity contribution in [1.82, 2.24) is 0 Å². The van der Waals surface area contributed by atoms with Gasteiger partial charge in [0.25, 0.3) is 0 Å². The molecule has 0 unspecified atom stereocenters. The van der Waals surface area contributed by atoms with Gasteiger partial charge in [-0.15, -0.1) is 0 Å². The first kappa shape index (κ1) is 20.1. The SMILES string of the molecule is CC(C)[C@H]1CN(C(=O)C(F)(F)F)c2ccccc2N(CC(F)(F)F)C1=O. The second-order valence-corrected chi connectivity index (χ2v) is 6.29. The van der Waals surface area contributed by atoms with Crippen molar-refractivity contribution in [2.24, 2.45) is 11.8 Å². The predicted molar refractivity (Wildman–Crippen MR) is 81.6 cm³/mol. The smallest absolute Gasteiger partial charge is 0.302 e. The molecule has 26 heavy (non-hydrogen) atoms. The van der Waals surface area contributed by atoms with Gasteiger partial charge in [-0.1, -0.05) is 26.0 Å². The topological polar surface area (TPSA) is 40.6 Å². The fourth-order valence-electron chi connectivity index (χ4n) is 2.80. The lowest BCUT2D eigenvalue weighted by atomic mass is 9.94. The average molecular weight is 382 g/mol. The second-order valence-electron chi connectivity index (χ2n) is 6.29.